The smallest absolute Gasteiger partial charge is 0.269 e. The highest BCUT2D eigenvalue weighted by molar-refractivity contribution is 7.20. The molecule has 156 valence electrons. The second kappa shape index (κ2) is 8.36. The Morgan fingerprint density at radius 2 is 2.00 bits per heavy atom. The van der Waals surface area contributed by atoms with E-state index in [-0.39, 0.29) is 11.6 Å². The van der Waals surface area contributed by atoms with E-state index in [1.54, 1.807) is 36.1 Å². The Balaban J connectivity index is 1.54. The second-order valence-corrected chi connectivity index (χ2v) is 7.59. The third-order valence-electron chi connectivity index (χ3n) is 4.38. The van der Waals surface area contributed by atoms with Crippen molar-refractivity contribution in [3.05, 3.63) is 76.0 Å². The summed E-state index contributed by atoms with van der Waals surface area (Å²) < 4.78 is 7.79. The lowest BCUT2D eigenvalue weighted by Gasteiger charge is -2.04. The van der Waals surface area contributed by atoms with Gasteiger partial charge in [0.25, 0.3) is 5.69 Å². The minimum Gasteiger partial charge on any atom is -0.497 e. The fraction of sp³-hybridized carbons (Fsp3) is 0.0952. The van der Waals surface area contributed by atoms with Crippen molar-refractivity contribution in [2.24, 2.45) is 0 Å². The quantitative estimate of drug-likeness (QED) is 0.274. The zero-order valence-electron chi connectivity index (χ0n) is 16.6. The van der Waals surface area contributed by atoms with Gasteiger partial charge in [-0.1, -0.05) is 11.3 Å². The average molecular weight is 435 g/mol. The highest BCUT2D eigenvalue weighted by atomic mass is 32.1. The first-order chi connectivity index (χ1) is 14.9. The SMILES string of the molecule is COc1ccc2nc(-n3nc(C)cc3NC(=O)/C=C/c3ccc([N+](=O)[O-])cc3)sc2c1. The number of methoxy groups -OCH3 is 1. The molecule has 4 aromatic rings. The predicted octanol–water partition coefficient (Wildman–Crippen LogP) is 4.36. The number of amides is 1. The molecule has 0 spiro atoms. The third-order valence-corrected chi connectivity index (χ3v) is 5.37. The van der Waals surface area contributed by atoms with Gasteiger partial charge in [-0.25, -0.2) is 4.98 Å². The van der Waals surface area contributed by atoms with Crippen LogP contribution in [0.4, 0.5) is 11.5 Å². The van der Waals surface area contributed by atoms with E-state index in [0.29, 0.717) is 16.5 Å². The molecule has 1 amide bonds. The monoisotopic (exact) mass is 435 g/mol. The Kier molecular flexibility index (Phi) is 5.46. The molecule has 4 rings (SSSR count). The highest BCUT2D eigenvalue weighted by Crippen LogP contribution is 2.30. The Hall–Kier alpha value is -4.05. The predicted molar refractivity (Wildman–Crippen MR) is 119 cm³/mol. The molecule has 0 saturated carbocycles. The van der Waals surface area contributed by atoms with Gasteiger partial charge in [0.15, 0.2) is 0 Å². The summed E-state index contributed by atoms with van der Waals surface area (Å²) in [4.78, 5) is 27.3. The molecule has 0 aliphatic rings. The normalized spacial score (nSPS) is 11.2. The first-order valence-corrected chi connectivity index (χ1v) is 10.00. The lowest BCUT2D eigenvalue weighted by Crippen LogP contribution is -2.12. The summed E-state index contributed by atoms with van der Waals surface area (Å²) >= 11 is 1.43. The molecule has 0 fully saturated rings. The molecule has 2 aromatic heterocycles. The average Bonchev–Trinajstić information content (AvgIpc) is 3.34. The second-order valence-electron chi connectivity index (χ2n) is 6.58. The third kappa shape index (κ3) is 4.43. The molecule has 9 nitrogen and oxygen atoms in total. The molecule has 1 N–H and O–H groups in total. The number of aromatic nitrogens is 3. The number of carbonyl (C=O) groups is 1. The standard InChI is InChI=1S/C21H17N5O4S/c1-13-11-19(23-20(27)10-5-14-3-6-15(7-4-14)26(28)29)25(24-13)21-22-17-9-8-16(30-2)12-18(17)31-21/h3-12H,1-2H3,(H,23,27)/b10-5+. The molecule has 2 heterocycles. The van der Waals surface area contributed by atoms with Crippen LogP contribution >= 0.6 is 11.3 Å². The van der Waals surface area contributed by atoms with Gasteiger partial charge in [0, 0.05) is 24.3 Å². The van der Waals surface area contributed by atoms with Crippen molar-refractivity contribution in [3.63, 3.8) is 0 Å². The van der Waals surface area contributed by atoms with E-state index in [2.05, 4.69) is 15.4 Å². The number of hydrogen-bond acceptors (Lipinski definition) is 7. The number of ether oxygens (including phenoxy) is 1. The number of nitrogens with one attached hydrogen (secondary N) is 1. The maximum atomic E-state index is 12.4. The topological polar surface area (TPSA) is 112 Å². The van der Waals surface area contributed by atoms with Crippen molar-refractivity contribution in [2.45, 2.75) is 6.92 Å². The van der Waals surface area contributed by atoms with E-state index >= 15 is 0 Å². The number of thiazole rings is 1. The molecule has 0 aliphatic heterocycles. The number of fused-ring (bicyclic) bond motifs is 1. The minimum absolute atomic E-state index is 0.00515. The summed E-state index contributed by atoms with van der Waals surface area (Å²) in [5.41, 5.74) is 2.20. The van der Waals surface area contributed by atoms with Crippen molar-refractivity contribution in [1.82, 2.24) is 14.8 Å². The summed E-state index contributed by atoms with van der Waals surface area (Å²) in [5, 5.41) is 18.6. The molecule has 10 heteroatoms. The van der Waals surface area contributed by atoms with E-state index in [1.807, 2.05) is 25.1 Å². The zero-order chi connectivity index (χ0) is 22.0. The van der Waals surface area contributed by atoms with Crippen LogP contribution in [0.2, 0.25) is 0 Å². The number of non-ortho nitro benzene ring substituents is 1. The zero-order valence-corrected chi connectivity index (χ0v) is 17.4. The molecular weight excluding hydrogens is 418 g/mol. The van der Waals surface area contributed by atoms with Gasteiger partial charge in [-0.3, -0.25) is 14.9 Å². The Morgan fingerprint density at radius 3 is 2.71 bits per heavy atom. The van der Waals surface area contributed by atoms with Gasteiger partial charge >= 0.3 is 0 Å². The van der Waals surface area contributed by atoms with Gasteiger partial charge < -0.3 is 10.1 Å². The van der Waals surface area contributed by atoms with Gasteiger partial charge in [-0.05, 0) is 48.9 Å². The summed E-state index contributed by atoms with van der Waals surface area (Å²) in [7, 11) is 1.61. The molecule has 0 saturated heterocycles. The summed E-state index contributed by atoms with van der Waals surface area (Å²) in [6, 6.07) is 13.3. The Morgan fingerprint density at radius 1 is 1.23 bits per heavy atom. The van der Waals surface area contributed by atoms with Gasteiger partial charge in [0.2, 0.25) is 11.0 Å². The number of benzene rings is 2. The van der Waals surface area contributed by atoms with Crippen LogP contribution in [0.3, 0.4) is 0 Å². The van der Waals surface area contributed by atoms with E-state index in [1.165, 1.54) is 29.5 Å². The molecule has 0 radical (unpaired) electrons. The number of carbonyl (C=O) groups excluding carboxylic acids is 1. The van der Waals surface area contributed by atoms with Crippen molar-refractivity contribution >= 4 is 45.0 Å². The highest BCUT2D eigenvalue weighted by Gasteiger charge is 2.14. The molecular formula is C21H17N5O4S. The molecule has 0 atom stereocenters. The fourth-order valence-electron chi connectivity index (χ4n) is 2.89. The summed E-state index contributed by atoms with van der Waals surface area (Å²) in [6.07, 6.45) is 2.94. The lowest BCUT2D eigenvalue weighted by molar-refractivity contribution is -0.384. The van der Waals surface area contributed by atoms with Crippen LogP contribution in [0.1, 0.15) is 11.3 Å². The molecule has 0 aliphatic carbocycles. The van der Waals surface area contributed by atoms with Crippen LogP contribution < -0.4 is 10.1 Å². The minimum atomic E-state index is -0.470. The number of nitro groups is 1. The lowest BCUT2D eigenvalue weighted by atomic mass is 10.2. The van der Waals surface area contributed by atoms with Gasteiger partial charge in [0.05, 0.1) is 27.9 Å². The summed E-state index contributed by atoms with van der Waals surface area (Å²) in [6.45, 7) is 1.83. The molecule has 31 heavy (non-hydrogen) atoms. The van der Waals surface area contributed by atoms with Crippen molar-refractivity contribution in [1.29, 1.82) is 0 Å². The summed E-state index contributed by atoms with van der Waals surface area (Å²) in [5.74, 6) is 0.869. The number of rotatable bonds is 6. The number of aryl methyl sites for hydroxylation is 1. The Bertz CT molecular complexity index is 1310. The van der Waals surface area contributed by atoms with Crippen molar-refractivity contribution in [3.8, 4) is 10.9 Å². The first-order valence-electron chi connectivity index (χ1n) is 9.18. The van der Waals surface area contributed by atoms with E-state index in [0.717, 1.165) is 21.7 Å². The Labute approximate surface area is 180 Å². The maximum absolute atomic E-state index is 12.4. The van der Waals surface area contributed by atoms with Crippen molar-refractivity contribution in [2.75, 3.05) is 12.4 Å². The molecule has 0 bridgehead atoms. The van der Waals surface area contributed by atoms with Crippen LogP contribution in [-0.4, -0.2) is 32.7 Å². The van der Waals surface area contributed by atoms with Gasteiger partial charge in [-0.15, -0.1) is 0 Å². The van der Waals surface area contributed by atoms with Gasteiger partial charge in [0.1, 0.15) is 11.6 Å². The number of hydrogen-bond donors (Lipinski definition) is 1. The molecule has 0 unspecified atom stereocenters. The largest absolute Gasteiger partial charge is 0.497 e. The van der Waals surface area contributed by atoms with Crippen LogP contribution in [-0.2, 0) is 4.79 Å². The van der Waals surface area contributed by atoms with Crippen LogP contribution in [0, 0.1) is 17.0 Å². The first kappa shape index (κ1) is 20.2. The van der Waals surface area contributed by atoms with Crippen molar-refractivity contribution < 1.29 is 14.5 Å². The van der Waals surface area contributed by atoms with Gasteiger partial charge in [-0.2, -0.15) is 9.78 Å². The molecule has 2 aromatic carbocycles. The van der Waals surface area contributed by atoms with E-state index in [9.17, 15) is 14.9 Å². The number of nitro benzene ring substituents is 1. The van der Waals surface area contributed by atoms with Crippen LogP contribution in [0.25, 0.3) is 21.4 Å². The fourth-order valence-corrected chi connectivity index (χ4v) is 3.85. The van der Waals surface area contributed by atoms with Crippen LogP contribution in [0.5, 0.6) is 5.75 Å². The number of nitrogens with zero attached hydrogens (tertiary/aromatic N) is 4. The van der Waals surface area contributed by atoms with E-state index in [4.69, 9.17) is 4.74 Å². The van der Waals surface area contributed by atoms with Crippen LogP contribution in [0.15, 0.2) is 54.6 Å². The maximum Gasteiger partial charge on any atom is 0.269 e. The number of anilines is 1. The van der Waals surface area contributed by atoms with E-state index < -0.39 is 4.92 Å².